The van der Waals surface area contributed by atoms with Crippen molar-refractivity contribution >= 4 is 49.7 Å². The zero-order valence-electron chi connectivity index (χ0n) is 10.7. The maximum absolute atomic E-state index is 11.3. The molecule has 5 nitrogen and oxygen atoms in total. The molecule has 21 heavy (non-hydrogen) atoms. The summed E-state index contributed by atoms with van der Waals surface area (Å²) >= 11 is 0. The molecule has 0 aliphatic carbocycles. The Labute approximate surface area is 117 Å². The molecule has 5 rings (SSSR count). The van der Waals surface area contributed by atoms with Gasteiger partial charge in [-0.1, -0.05) is 18.2 Å². The summed E-state index contributed by atoms with van der Waals surface area (Å²) in [6, 6.07) is 9.54. The first-order chi connectivity index (χ1) is 10.2. The molecule has 0 spiro atoms. The summed E-state index contributed by atoms with van der Waals surface area (Å²) < 4.78 is 5.81. The van der Waals surface area contributed by atoms with Crippen molar-refractivity contribution in [2.45, 2.75) is 0 Å². The minimum Gasteiger partial charge on any atom is -0.477 e. The number of aromatic carboxylic acids is 1. The van der Waals surface area contributed by atoms with Crippen LogP contribution < -0.4 is 0 Å². The Morgan fingerprint density at radius 1 is 1.19 bits per heavy atom. The summed E-state index contributed by atoms with van der Waals surface area (Å²) in [5.74, 6) is -0.989. The Balaban J connectivity index is 2.12. The molecular weight excluding hydrogens is 268 g/mol. The lowest BCUT2D eigenvalue weighted by Gasteiger charge is -2.03. The van der Waals surface area contributed by atoms with E-state index in [-0.39, 0.29) is 5.69 Å². The fraction of sp³-hybridized carbons (Fsp3) is 0. The van der Waals surface area contributed by atoms with Crippen molar-refractivity contribution in [2.24, 2.45) is 0 Å². The van der Waals surface area contributed by atoms with Crippen molar-refractivity contribution in [2.75, 3.05) is 0 Å². The van der Waals surface area contributed by atoms with Crippen LogP contribution in [-0.2, 0) is 0 Å². The summed E-state index contributed by atoms with van der Waals surface area (Å²) in [4.78, 5) is 18.6. The second-order valence-electron chi connectivity index (χ2n) is 5.10. The number of nitrogens with zero attached hydrogens (tertiary/aromatic N) is 1. The molecular formula is C16H8N2O3. The van der Waals surface area contributed by atoms with Gasteiger partial charge in [0.25, 0.3) is 0 Å². The van der Waals surface area contributed by atoms with Gasteiger partial charge >= 0.3 is 5.97 Å². The van der Waals surface area contributed by atoms with E-state index in [9.17, 15) is 9.90 Å². The molecule has 0 radical (unpaired) electrons. The lowest BCUT2D eigenvalue weighted by atomic mass is 10.0. The van der Waals surface area contributed by atoms with Gasteiger partial charge in [0.15, 0.2) is 0 Å². The van der Waals surface area contributed by atoms with Crippen molar-refractivity contribution in [1.82, 2.24) is 9.97 Å². The van der Waals surface area contributed by atoms with Crippen LogP contribution >= 0.6 is 0 Å². The molecule has 2 aromatic carbocycles. The zero-order chi connectivity index (χ0) is 14.1. The quantitative estimate of drug-likeness (QED) is 0.457. The van der Waals surface area contributed by atoms with Crippen LogP contribution in [0.2, 0.25) is 0 Å². The van der Waals surface area contributed by atoms with Crippen LogP contribution in [0.15, 0.2) is 40.9 Å². The molecule has 0 bridgehead atoms. The fourth-order valence-corrected chi connectivity index (χ4v) is 3.15. The Morgan fingerprint density at radius 2 is 2.05 bits per heavy atom. The highest BCUT2D eigenvalue weighted by molar-refractivity contribution is 6.29. The van der Waals surface area contributed by atoms with Gasteiger partial charge in [-0.05, 0) is 12.1 Å². The van der Waals surface area contributed by atoms with Crippen molar-refractivity contribution in [3.05, 3.63) is 42.2 Å². The van der Waals surface area contributed by atoms with Gasteiger partial charge < -0.3 is 14.5 Å². The lowest BCUT2D eigenvalue weighted by Crippen LogP contribution is -1.96. The average Bonchev–Trinajstić information content (AvgIpc) is 3.02. The van der Waals surface area contributed by atoms with E-state index in [1.165, 1.54) is 0 Å². The number of rotatable bonds is 1. The minimum absolute atomic E-state index is 0.161. The highest BCUT2D eigenvalue weighted by Gasteiger charge is 2.22. The number of hydrogen-bond donors (Lipinski definition) is 2. The number of fused-ring (bicyclic) bond motifs is 2. The highest BCUT2D eigenvalue weighted by Crippen LogP contribution is 2.40. The number of pyridine rings is 1. The maximum Gasteiger partial charge on any atom is 0.353 e. The molecule has 0 aliphatic rings. The molecule has 0 saturated heterocycles. The van der Waals surface area contributed by atoms with Crippen molar-refractivity contribution < 1.29 is 14.3 Å². The van der Waals surface area contributed by atoms with Crippen LogP contribution in [0.1, 0.15) is 10.5 Å². The van der Waals surface area contributed by atoms with Gasteiger partial charge in [0.1, 0.15) is 11.3 Å². The van der Waals surface area contributed by atoms with E-state index < -0.39 is 5.97 Å². The number of furan rings is 1. The summed E-state index contributed by atoms with van der Waals surface area (Å²) in [5.41, 5.74) is 2.30. The number of carbonyl (C=O) groups is 1. The monoisotopic (exact) mass is 276 g/mol. The van der Waals surface area contributed by atoms with E-state index >= 15 is 0 Å². The molecule has 0 fully saturated rings. The van der Waals surface area contributed by atoms with Crippen LogP contribution in [0.5, 0.6) is 0 Å². The molecule has 3 aromatic heterocycles. The molecule has 100 valence electrons. The number of hydrogen-bond acceptors (Lipinski definition) is 3. The lowest BCUT2D eigenvalue weighted by molar-refractivity contribution is 0.0693. The van der Waals surface area contributed by atoms with E-state index in [4.69, 9.17) is 4.42 Å². The first kappa shape index (κ1) is 10.7. The van der Waals surface area contributed by atoms with Crippen LogP contribution in [0.3, 0.4) is 0 Å². The van der Waals surface area contributed by atoms with Gasteiger partial charge in [-0.15, -0.1) is 0 Å². The number of H-pyrrole nitrogens is 1. The van der Waals surface area contributed by atoms with Crippen molar-refractivity contribution in [3.63, 3.8) is 0 Å². The van der Waals surface area contributed by atoms with Gasteiger partial charge in [-0.2, -0.15) is 0 Å². The first-order valence-electron chi connectivity index (χ1n) is 6.51. The number of carboxylic acid groups (broad SMARTS) is 1. The minimum atomic E-state index is -0.989. The number of aromatic amines is 1. The van der Waals surface area contributed by atoms with Gasteiger partial charge in [-0.25, -0.2) is 4.79 Å². The molecule has 0 unspecified atom stereocenters. The number of nitrogens with one attached hydrogen (secondary N) is 1. The van der Waals surface area contributed by atoms with E-state index in [0.717, 1.165) is 32.6 Å². The van der Waals surface area contributed by atoms with Crippen LogP contribution in [0.4, 0.5) is 0 Å². The van der Waals surface area contributed by atoms with Gasteiger partial charge in [0.05, 0.1) is 10.9 Å². The predicted molar refractivity (Wildman–Crippen MR) is 79.0 cm³/mol. The number of benzene rings is 2. The summed E-state index contributed by atoms with van der Waals surface area (Å²) in [6.45, 7) is 0. The third-order valence-electron chi connectivity index (χ3n) is 3.99. The average molecular weight is 276 g/mol. The summed E-state index contributed by atoms with van der Waals surface area (Å²) in [6.07, 6.45) is 1.76. The SMILES string of the molecule is O=C(O)c1[nH]c2oc3cc4cccnc4c4ccc1c2c34. The molecule has 5 aromatic rings. The first-order valence-corrected chi connectivity index (χ1v) is 6.51. The Morgan fingerprint density at radius 3 is 2.90 bits per heavy atom. The van der Waals surface area contributed by atoms with Crippen LogP contribution in [0, 0.1) is 0 Å². The van der Waals surface area contributed by atoms with Crippen molar-refractivity contribution in [1.29, 1.82) is 0 Å². The third kappa shape index (κ3) is 1.16. The smallest absolute Gasteiger partial charge is 0.353 e. The van der Waals surface area contributed by atoms with Crippen LogP contribution in [-0.4, -0.2) is 21.0 Å². The number of aromatic nitrogens is 2. The fourth-order valence-electron chi connectivity index (χ4n) is 3.15. The summed E-state index contributed by atoms with van der Waals surface area (Å²) in [7, 11) is 0. The normalized spacial score (nSPS) is 12.2. The number of carboxylic acids is 1. The van der Waals surface area contributed by atoms with Crippen LogP contribution in [0.25, 0.3) is 43.7 Å². The van der Waals surface area contributed by atoms with Gasteiger partial charge in [0, 0.05) is 27.7 Å². The second-order valence-corrected chi connectivity index (χ2v) is 5.10. The predicted octanol–water partition coefficient (Wildman–Crippen LogP) is 3.75. The molecule has 5 heteroatoms. The maximum atomic E-state index is 11.3. The van der Waals surface area contributed by atoms with E-state index in [0.29, 0.717) is 11.1 Å². The van der Waals surface area contributed by atoms with Gasteiger partial charge in [-0.3, -0.25) is 4.98 Å². The molecule has 3 heterocycles. The molecule has 2 N–H and O–H groups in total. The molecule has 0 saturated carbocycles. The zero-order valence-corrected chi connectivity index (χ0v) is 10.7. The summed E-state index contributed by atoms with van der Waals surface area (Å²) in [5, 5.41) is 13.7. The van der Waals surface area contributed by atoms with E-state index in [1.54, 1.807) is 6.20 Å². The van der Waals surface area contributed by atoms with E-state index in [2.05, 4.69) is 9.97 Å². The van der Waals surface area contributed by atoms with Crippen molar-refractivity contribution in [3.8, 4) is 0 Å². The molecule has 0 atom stereocenters. The third-order valence-corrected chi connectivity index (χ3v) is 3.99. The van der Waals surface area contributed by atoms with Gasteiger partial charge in [0.2, 0.25) is 5.71 Å². The largest absolute Gasteiger partial charge is 0.477 e. The Kier molecular flexibility index (Phi) is 1.69. The Bertz CT molecular complexity index is 1170. The molecule has 0 aliphatic heterocycles. The highest BCUT2D eigenvalue weighted by atomic mass is 16.4. The van der Waals surface area contributed by atoms with E-state index in [1.807, 2.05) is 30.3 Å². The standard InChI is InChI=1S/C16H8N2O3/c19-16(20)14-9-4-3-8-11-10(21-15(18-14)12(9)11)6-7-2-1-5-17-13(7)8/h1-6,18H,(H,19,20). The Hall–Kier alpha value is -3.08. The topological polar surface area (TPSA) is 79.1 Å². The second kappa shape index (κ2) is 3.32. The molecule has 0 amide bonds.